The Balaban J connectivity index is 1.83. The van der Waals surface area contributed by atoms with E-state index in [-0.39, 0.29) is 5.75 Å². The molecule has 0 aromatic heterocycles. The van der Waals surface area contributed by atoms with E-state index in [4.69, 9.17) is 0 Å². The lowest BCUT2D eigenvalue weighted by Crippen LogP contribution is -2.46. The van der Waals surface area contributed by atoms with Crippen LogP contribution >= 0.6 is 0 Å². The van der Waals surface area contributed by atoms with E-state index in [1.807, 2.05) is 0 Å². The first-order chi connectivity index (χ1) is 9.83. The molecule has 0 saturated carbocycles. The number of ether oxygens (including phenoxy) is 1. The van der Waals surface area contributed by atoms with Crippen molar-refractivity contribution in [2.75, 3.05) is 20.1 Å². The normalized spacial score (nSPS) is 24.0. The summed E-state index contributed by atoms with van der Waals surface area (Å²) in [7, 11) is 2.12. The van der Waals surface area contributed by atoms with Gasteiger partial charge in [-0.25, -0.2) is 0 Å². The van der Waals surface area contributed by atoms with Gasteiger partial charge in [-0.1, -0.05) is 19.1 Å². The average molecular weight is 302 g/mol. The van der Waals surface area contributed by atoms with Crippen LogP contribution in [-0.2, 0) is 6.54 Å². The fourth-order valence-corrected chi connectivity index (χ4v) is 2.72. The van der Waals surface area contributed by atoms with Crippen LogP contribution in [0.25, 0.3) is 0 Å². The topological polar surface area (TPSA) is 24.5 Å². The lowest BCUT2D eigenvalue weighted by molar-refractivity contribution is -0.274. The van der Waals surface area contributed by atoms with Crippen LogP contribution in [0.15, 0.2) is 24.3 Å². The van der Waals surface area contributed by atoms with Crippen molar-refractivity contribution in [1.82, 2.24) is 10.2 Å². The van der Waals surface area contributed by atoms with Gasteiger partial charge in [0.25, 0.3) is 0 Å². The molecule has 2 rings (SSSR count). The summed E-state index contributed by atoms with van der Waals surface area (Å²) in [5.41, 5.74) is 0.954. The number of hydrogen-bond donors (Lipinski definition) is 1. The van der Waals surface area contributed by atoms with Gasteiger partial charge in [0.1, 0.15) is 5.75 Å². The van der Waals surface area contributed by atoms with Crippen LogP contribution in [0.5, 0.6) is 5.75 Å². The fourth-order valence-electron chi connectivity index (χ4n) is 2.72. The minimum absolute atomic E-state index is 0.182. The van der Waals surface area contributed by atoms with Gasteiger partial charge in [0.05, 0.1) is 0 Å². The summed E-state index contributed by atoms with van der Waals surface area (Å²) < 4.78 is 40.1. The van der Waals surface area contributed by atoms with E-state index in [0.29, 0.717) is 18.5 Å². The van der Waals surface area contributed by atoms with Gasteiger partial charge in [0.2, 0.25) is 0 Å². The number of hydrogen-bond acceptors (Lipinski definition) is 3. The molecular weight excluding hydrogens is 281 g/mol. The molecule has 0 amide bonds. The van der Waals surface area contributed by atoms with Crippen LogP contribution in [0.1, 0.15) is 18.9 Å². The predicted octanol–water partition coefficient (Wildman–Crippen LogP) is 3.02. The highest BCUT2D eigenvalue weighted by Gasteiger charge is 2.31. The summed E-state index contributed by atoms with van der Waals surface area (Å²) in [5.74, 6) is 0.385. The highest BCUT2D eigenvalue weighted by molar-refractivity contribution is 5.27. The van der Waals surface area contributed by atoms with Gasteiger partial charge < -0.3 is 15.0 Å². The second-order valence-electron chi connectivity index (χ2n) is 5.71. The van der Waals surface area contributed by atoms with Crippen LogP contribution in [0.2, 0.25) is 0 Å². The van der Waals surface area contributed by atoms with E-state index < -0.39 is 6.36 Å². The molecule has 0 aliphatic carbocycles. The average Bonchev–Trinajstić information content (AvgIpc) is 2.38. The molecule has 1 aliphatic rings. The van der Waals surface area contributed by atoms with Gasteiger partial charge in [0, 0.05) is 19.1 Å². The maximum atomic E-state index is 12.1. The van der Waals surface area contributed by atoms with E-state index in [1.165, 1.54) is 12.1 Å². The van der Waals surface area contributed by atoms with Crippen LogP contribution in [0.4, 0.5) is 13.2 Å². The SMILES string of the molecule is CC1CN(C)CCC1NCc1ccc(OC(F)(F)F)cc1. The molecule has 21 heavy (non-hydrogen) atoms. The van der Waals surface area contributed by atoms with Gasteiger partial charge in [-0.2, -0.15) is 0 Å². The van der Waals surface area contributed by atoms with Crippen LogP contribution in [-0.4, -0.2) is 37.4 Å². The zero-order valence-corrected chi connectivity index (χ0v) is 12.3. The van der Waals surface area contributed by atoms with E-state index >= 15 is 0 Å². The zero-order chi connectivity index (χ0) is 15.5. The minimum atomic E-state index is -4.64. The Hall–Kier alpha value is -1.27. The van der Waals surface area contributed by atoms with Gasteiger partial charge in [-0.05, 0) is 43.6 Å². The molecule has 3 nitrogen and oxygen atoms in total. The van der Waals surface area contributed by atoms with Gasteiger partial charge in [-0.3, -0.25) is 0 Å². The molecule has 0 spiro atoms. The molecule has 1 saturated heterocycles. The van der Waals surface area contributed by atoms with Crippen molar-refractivity contribution >= 4 is 0 Å². The van der Waals surface area contributed by atoms with Gasteiger partial charge >= 0.3 is 6.36 Å². The number of benzene rings is 1. The molecule has 0 bridgehead atoms. The first kappa shape index (κ1) is 16.1. The van der Waals surface area contributed by atoms with Gasteiger partial charge in [0.15, 0.2) is 0 Å². The maximum absolute atomic E-state index is 12.1. The molecule has 1 aromatic carbocycles. The Morgan fingerprint density at radius 1 is 1.29 bits per heavy atom. The molecule has 1 aromatic rings. The molecule has 1 aliphatic heterocycles. The van der Waals surface area contributed by atoms with Crippen LogP contribution in [0.3, 0.4) is 0 Å². The molecular formula is C15H21F3N2O. The third-order valence-electron chi connectivity index (χ3n) is 3.83. The molecule has 2 unspecified atom stereocenters. The highest BCUT2D eigenvalue weighted by Crippen LogP contribution is 2.23. The van der Waals surface area contributed by atoms with E-state index in [1.54, 1.807) is 12.1 Å². The predicted molar refractivity (Wildman–Crippen MR) is 75.0 cm³/mol. The lowest BCUT2D eigenvalue weighted by Gasteiger charge is -2.35. The van der Waals surface area contributed by atoms with E-state index in [9.17, 15) is 13.2 Å². The number of likely N-dealkylation sites (tertiary alicyclic amines) is 1. The summed E-state index contributed by atoms with van der Waals surface area (Å²) in [6, 6.07) is 6.47. The number of alkyl halides is 3. The zero-order valence-electron chi connectivity index (χ0n) is 12.3. The summed E-state index contributed by atoms with van der Waals surface area (Å²) in [6.45, 7) is 5.01. The monoisotopic (exact) mass is 302 g/mol. The summed E-state index contributed by atoms with van der Waals surface area (Å²) in [4.78, 5) is 2.31. The van der Waals surface area contributed by atoms with Crippen molar-refractivity contribution in [3.8, 4) is 5.75 Å². The van der Waals surface area contributed by atoms with Gasteiger partial charge in [-0.15, -0.1) is 13.2 Å². The number of halogens is 3. The second kappa shape index (κ2) is 6.66. The Labute approximate surface area is 123 Å². The maximum Gasteiger partial charge on any atom is 0.573 e. The second-order valence-corrected chi connectivity index (χ2v) is 5.71. The molecule has 0 radical (unpaired) electrons. The molecule has 2 atom stereocenters. The third kappa shape index (κ3) is 5.21. The third-order valence-corrected chi connectivity index (χ3v) is 3.83. The Morgan fingerprint density at radius 2 is 1.95 bits per heavy atom. The molecule has 1 heterocycles. The molecule has 6 heteroatoms. The Bertz CT molecular complexity index is 447. The molecule has 1 N–H and O–H groups in total. The number of nitrogens with one attached hydrogen (secondary N) is 1. The molecule has 1 fully saturated rings. The first-order valence-corrected chi connectivity index (χ1v) is 7.10. The van der Waals surface area contributed by atoms with E-state index in [2.05, 4.69) is 28.9 Å². The number of nitrogens with zero attached hydrogens (tertiary/aromatic N) is 1. The van der Waals surface area contributed by atoms with Crippen molar-refractivity contribution in [3.05, 3.63) is 29.8 Å². The smallest absolute Gasteiger partial charge is 0.406 e. The Morgan fingerprint density at radius 3 is 2.52 bits per heavy atom. The quantitative estimate of drug-likeness (QED) is 0.925. The minimum Gasteiger partial charge on any atom is -0.406 e. The summed E-state index contributed by atoms with van der Waals surface area (Å²) in [6.07, 6.45) is -3.55. The highest BCUT2D eigenvalue weighted by atomic mass is 19.4. The first-order valence-electron chi connectivity index (χ1n) is 7.10. The number of rotatable bonds is 4. The number of piperidine rings is 1. The lowest BCUT2D eigenvalue weighted by atomic mass is 9.94. The van der Waals surface area contributed by atoms with Crippen molar-refractivity contribution in [2.24, 2.45) is 5.92 Å². The molecule has 118 valence electrons. The standard InChI is InChI=1S/C15H21F3N2O/c1-11-10-20(2)8-7-14(11)19-9-12-3-5-13(6-4-12)21-15(16,17)18/h3-6,11,14,19H,7-10H2,1-2H3. The van der Waals surface area contributed by atoms with Crippen molar-refractivity contribution < 1.29 is 17.9 Å². The van der Waals surface area contributed by atoms with Crippen LogP contribution < -0.4 is 10.1 Å². The van der Waals surface area contributed by atoms with E-state index in [0.717, 1.165) is 25.1 Å². The van der Waals surface area contributed by atoms with Crippen molar-refractivity contribution in [2.45, 2.75) is 32.3 Å². The summed E-state index contributed by atoms with van der Waals surface area (Å²) >= 11 is 0. The Kier molecular flexibility index (Phi) is 5.11. The summed E-state index contributed by atoms with van der Waals surface area (Å²) in [5, 5.41) is 3.49. The van der Waals surface area contributed by atoms with Crippen molar-refractivity contribution in [3.63, 3.8) is 0 Å². The van der Waals surface area contributed by atoms with Crippen LogP contribution in [0, 0.1) is 5.92 Å². The van der Waals surface area contributed by atoms with Crippen molar-refractivity contribution in [1.29, 1.82) is 0 Å². The fraction of sp³-hybridized carbons (Fsp3) is 0.600. The largest absolute Gasteiger partial charge is 0.573 e.